The van der Waals surface area contributed by atoms with Crippen molar-refractivity contribution in [2.24, 2.45) is 0 Å². The summed E-state index contributed by atoms with van der Waals surface area (Å²) in [7, 11) is 0. The molecule has 0 aliphatic heterocycles. The lowest BCUT2D eigenvalue weighted by Gasteiger charge is -2.20. The predicted molar refractivity (Wildman–Crippen MR) is 72.5 cm³/mol. The molecule has 0 aliphatic carbocycles. The van der Waals surface area contributed by atoms with Crippen LogP contribution in [0.1, 0.15) is 43.9 Å². The Hall–Kier alpha value is -1.29. The van der Waals surface area contributed by atoms with Crippen LogP contribution in [0, 0.1) is 13.8 Å². The summed E-state index contributed by atoms with van der Waals surface area (Å²) in [5.41, 5.74) is 1.12. The fraction of sp³-hybridized carbons (Fsp3) is 0.643. The van der Waals surface area contributed by atoms with E-state index in [9.17, 15) is 4.79 Å². The van der Waals surface area contributed by atoms with Gasteiger partial charge in [-0.1, -0.05) is 0 Å². The summed E-state index contributed by atoms with van der Waals surface area (Å²) in [6, 6.07) is 2.15. The first kappa shape index (κ1) is 14.8. The normalized spacial score (nSPS) is 12.5. The fourth-order valence-electron chi connectivity index (χ4n) is 2.12. The fourth-order valence-corrected chi connectivity index (χ4v) is 2.12. The molecule has 0 spiro atoms. The molecule has 1 rings (SSSR count). The van der Waals surface area contributed by atoms with E-state index in [0.29, 0.717) is 6.54 Å². The van der Waals surface area contributed by atoms with Crippen LogP contribution in [0.2, 0.25) is 0 Å². The minimum absolute atomic E-state index is 0.127. The lowest BCUT2D eigenvalue weighted by atomic mass is 10.1. The molecule has 18 heavy (non-hydrogen) atoms. The Morgan fingerprint density at radius 2 is 2.00 bits per heavy atom. The standard InChI is InChI=1S/C14H24N2O2/c1-6-16(7-2)14(17)9-15-11(4)13-8-10(3)18-12(13)5/h8,11,15H,6-7,9H2,1-5H3. The van der Waals surface area contributed by atoms with Crippen LogP contribution in [-0.2, 0) is 4.79 Å². The predicted octanol–water partition coefficient (Wildman–Crippen LogP) is 2.42. The SMILES string of the molecule is CCN(CC)C(=O)CNC(C)c1cc(C)oc1C. The minimum Gasteiger partial charge on any atom is -0.466 e. The highest BCUT2D eigenvalue weighted by Gasteiger charge is 2.15. The molecule has 1 aromatic heterocycles. The molecule has 0 bridgehead atoms. The summed E-state index contributed by atoms with van der Waals surface area (Å²) in [6.07, 6.45) is 0. The summed E-state index contributed by atoms with van der Waals surface area (Å²) in [5.74, 6) is 1.97. The summed E-state index contributed by atoms with van der Waals surface area (Å²) in [4.78, 5) is 13.7. The number of nitrogens with zero attached hydrogens (tertiary/aromatic N) is 1. The summed E-state index contributed by atoms with van der Waals surface area (Å²) < 4.78 is 5.50. The second-order valence-corrected chi connectivity index (χ2v) is 4.54. The van der Waals surface area contributed by atoms with E-state index >= 15 is 0 Å². The smallest absolute Gasteiger partial charge is 0.236 e. The molecular formula is C14H24N2O2. The molecular weight excluding hydrogens is 228 g/mol. The van der Waals surface area contributed by atoms with Crippen LogP contribution in [0.3, 0.4) is 0 Å². The summed E-state index contributed by atoms with van der Waals surface area (Å²) in [6.45, 7) is 11.8. The molecule has 4 heteroatoms. The Kier molecular flexibility index (Phi) is 5.41. The molecule has 0 aromatic carbocycles. The number of carbonyl (C=O) groups excluding carboxylic acids is 1. The van der Waals surface area contributed by atoms with E-state index in [0.717, 1.165) is 30.2 Å². The topological polar surface area (TPSA) is 45.5 Å². The van der Waals surface area contributed by atoms with E-state index in [1.165, 1.54) is 0 Å². The zero-order valence-corrected chi connectivity index (χ0v) is 12.0. The van der Waals surface area contributed by atoms with Crippen LogP contribution in [-0.4, -0.2) is 30.4 Å². The highest BCUT2D eigenvalue weighted by atomic mass is 16.3. The van der Waals surface area contributed by atoms with E-state index < -0.39 is 0 Å². The first-order valence-electron chi connectivity index (χ1n) is 6.57. The third-order valence-electron chi connectivity index (χ3n) is 3.22. The van der Waals surface area contributed by atoms with E-state index in [1.54, 1.807) is 0 Å². The zero-order chi connectivity index (χ0) is 13.7. The molecule has 1 amide bonds. The first-order valence-corrected chi connectivity index (χ1v) is 6.57. The van der Waals surface area contributed by atoms with Crippen molar-refractivity contribution in [2.75, 3.05) is 19.6 Å². The van der Waals surface area contributed by atoms with Gasteiger partial charge in [-0.25, -0.2) is 0 Å². The summed E-state index contributed by atoms with van der Waals surface area (Å²) in [5, 5.41) is 3.25. The van der Waals surface area contributed by atoms with Gasteiger partial charge in [0, 0.05) is 24.7 Å². The van der Waals surface area contributed by atoms with Gasteiger partial charge in [-0.3, -0.25) is 4.79 Å². The number of carbonyl (C=O) groups is 1. The van der Waals surface area contributed by atoms with Gasteiger partial charge in [-0.05, 0) is 40.7 Å². The molecule has 0 fully saturated rings. The first-order chi connectivity index (χ1) is 8.49. The van der Waals surface area contributed by atoms with Gasteiger partial charge in [-0.15, -0.1) is 0 Å². The lowest BCUT2D eigenvalue weighted by Crippen LogP contribution is -2.38. The highest BCUT2D eigenvalue weighted by Crippen LogP contribution is 2.20. The van der Waals surface area contributed by atoms with Gasteiger partial charge in [0.1, 0.15) is 11.5 Å². The lowest BCUT2D eigenvalue weighted by molar-refractivity contribution is -0.129. The quantitative estimate of drug-likeness (QED) is 0.845. The van der Waals surface area contributed by atoms with Gasteiger partial charge < -0.3 is 14.6 Å². The highest BCUT2D eigenvalue weighted by molar-refractivity contribution is 5.78. The van der Waals surface area contributed by atoms with Gasteiger partial charge >= 0.3 is 0 Å². The molecule has 0 aliphatic rings. The van der Waals surface area contributed by atoms with Crippen molar-refractivity contribution in [1.29, 1.82) is 0 Å². The van der Waals surface area contributed by atoms with Crippen molar-refractivity contribution < 1.29 is 9.21 Å². The Bertz CT molecular complexity index is 394. The number of hydrogen-bond acceptors (Lipinski definition) is 3. The third-order valence-corrected chi connectivity index (χ3v) is 3.22. The maximum atomic E-state index is 11.9. The van der Waals surface area contributed by atoms with Crippen molar-refractivity contribution in [2.45, 2.75) is 40.7 Å². The van der Waals surface area contributed by atoms with Crippen molar-refractivity contribution in [3.63, 3.8) is 0 Å². The Balaban J connectivity index is 2.53. The number of likely N-dealkylation sites (N-methyl/N-ethyl adjacent to an activating group) is 1. The number of amides is 1. The van der Waals surface area contributed by atoms with Crippen LogP contribution in [0.25, 0.3) is 0 Å². The van der Waals surface area contributed by atoms with E-state index in [4.69, 9.17) is 4.42 Å². The van der Waals surface area contributed by atoms with Crippen LogP contribution in [0.15, 0.2) is 10.5 Å². The van der Waals surface area contributed by atoms with Gasteiger partial charge in [0.25, 0.3) is 0 Å². The van der Waals surface area contributed by atoms with Crippen molar-refractivity contribution in [1.82, 2.24) is 10.2 Å². The molecule has 1 atom stereocenters. The average Bonchev–Trinajstić information content (AvgIpc) is 2.67. The van der Waals surface area contributed by atoms with Gasteiger partial charge in [0.05, 0.1) is 6.54 Å². The molecule has 4 nitrogen and oxygen atoms in total. The van der Waals surface area contributed by atoms with Crippen molar-refractivity contribution in [3.8, 4) is 0 Å². The van der Waals surface area contributed by atoms with Crippen LogP contribution in [0.4, 0.5) is 0 Å². The maximum absolute atomic E-state index is 11.9. The average molecular weight is 252 g/mol. The molecule has 0 radical (unpaired) electrons. The van der Waals surface area contributed by atoms with Crippen LogP contribution >= 0.6 is 0 Å². The van der Waals surface area contributed by atoms with Crippen LogP contribution < -0.4 is 5.32 Å². The Morgan fingerprint density at radius 3 is 2.44 bits per heavy atom. The minimum atomic E-state index is 0.127. The Morgan fingerprint density at radius 1 is 1.39 bits per heavy atom. The van der Waals surface area contributed by atoms with E-state index in [-0.39, 0.29) is 11.9 Å². The number of rotatable bonds is 6. The maximum Gasteiger partial charge on any atom is 0.236 e. The van der Waals surface area contributed by atoms with E-state index in [1.807, 2.05) is 45.6 Å². The largest absolute Gasteiger partial charge is 0.466 e. The second-order valence-electron chi connectivity index (χ2n) is 4.54. The molecule has 0 saturated heterocycles. The monoisotopic (exact) mass is 252 g/mol. The molecule has 1 unspecified atom stereocenters. The second kappa shape index (κ2) is 6.59. The van der Waals surface area contributed by atoms with E-state index in [2.05, 4.69) is 5.32 Å². The van der Waals surface area contributed by atoms with Crippen molar-refractivity contribution >= 4 is 5.91 Å². The molecule has 1 aromatic rings. The number of furan rings is 1. The molecule has 1 N–H and O–H groups in total. The zero-order valence-electron chi connectivity index (χ0n) is 12.0. The summed E-state index contributed by atoms with van der Waals surface area (Å²) >= 11 is 0. The number of nitrogens with one attached hydrogen (secondary N) is 1. The van der Waals surface area contributed by atoms with Gasteiger partial charge in [-0.2, -0.15) is 0 Å². The van der Waals surface area contributed by atoms with Crippen LogP contribution in [0.5, 0.6) is 0 Å². The number of aryl methyl sites for hydroxylation is 2. The molecule has 1 heterocycles. The molecule has 102 valence electrons. The molecule has 0 saturated carbocycles. The number of hydrogen-bond donors (Lipinski definition) is 1. The third kappa shape index (κ3) is 3.60. The van der Waals surface area contributed by atoms with Crippen molar-refractivity contribution in [3.05, 3.63) is 23.2 Å². The van der Waals surface area contributed by atoms with Gasteiger partial charge in [0.15, 0.2) is 0 Å². The Labute approximate surface area is 109 Å². The van der Waals surface area contributed by atoms with Gasteiger partial charge in [0.2, 0.25) is 5.91 Å².